The summed E-state index contributed by atoms with van der Waals surface area (Å²) in [5.74, 6) is 1.67. The molecule has 1 aliphatic heterocycles. The van der Waals surface area contributed by atoms with Crippen LogP contribution in [0.5, 0.6) is 5.75 Å². The third-order valence-electron chi connectivity index (χ3n) is 4.69. The normalized spacial score (nSPS) is 16.1. The first-order valence-corrected chi connectivity index (χ1v) is 9.07. The van der Waals surface area contributed by atoms with E-state index in [1.165, 1.54) is 0 Å². The van der Waals surface area contributed by atoms with E-state index in [0.29, 0.717) is 18.2 Å². The van der Waals surface area contributed by atoms with Gasteiger partial charge in [-0.3, -0.25) is 4.99 Å². The Balaban J connectivity index is 0.00000280. The molecule has 3 rings (SSSR count). The van der Waals surface area contributed by atoms with E-state index in [2.05, 4.69) is 32.7 Å². The number of nitrogens with zero attached hydrogens (tertiary/aromatic N) is 3. The SMILES string of the molecule is CN=C(NCc1cccc(C#N)c1)NC1CCN(c2ccccc2OC)C1.I. The first-order valence-electron chi connectivity index (χ1n) is 9.07. The van der Waals surface area contributed by atoms with E-state index in [0.717, 1.165) is 42.5 Å². The summed E-state index contributed by atoms with van der Waals surface area (Å²) in [5, 5.41) is 15.8. The van der Waals surface area contributed by atoms with E-state index >= 15 is 0 Å². The average molecular weight is 491 g/mol. The van der Waals surface area contributed by atoms with Crippen LogP contribution in [-0.2, 0) is 6.54 Å². The van der Waals surface area contributed by atoms with Crippen molar-refractivity contribution in [1.82, 2.24) is 10.6 Å². The number of anilines is 1. The lowest BCUT2D eigenvalue weighted by Gasteiger charge is -2.22. The molecule has 0 amide bonds. The van der Waals surface area contributed by atoms with Gasteiger partial charge >= 0.3 is 0 Å². The Labute approximate surface area is 183 Å². The fourth-order valence-corrected chi connectivity index (χ4v) is 3.31. The lowest BCUT2D eigenvalue weighted by molar-refractivity contribution is 0.415. The second-order valence-electron chi connectivity index (χ2n) is 6.49. The van der Waals surface area contributed by atoms with E-state index < -0.39 is 0 Å². The van der Waals surface area contributed by atoms with Crippen molar-refractivity contribution >= 4 is 35.6 Å². The highest BCUT2D eigenvalue weighted by Crippen LogP contribution is 2.30. The molecule has 0 spiro atoms. The minimum Gasteiger partial charge on any atom is -0.495 e. The molecule has 28 heavy (non-hydrogen) atoms. The Morgan fingerprint density at radius 1 is 1.29 bits per heavy atom. The summed E-state index contributed by atoms with van der Waals surface area (Å²) in [5.41, 5.74) is 2.85. The average Bonchev–Trinajstić information content (AvgIpc) is 3.19. The maximum absolute atomic E-state index is 9.01. The predicted molar refractivity (Wildman–Crippen MR) is 124 cm³/mol. The summed E-state index contributed by atoms with van der Waals surface area (Å²) in [6.45, 7) is 2.49. The topological polar surface area (TPSA) is 72.7 Å². The van der Waals surface area contributed by atoms with E-state index in [-0.39, 0.29) is 24.0 Å². The lowest BCUT2D eigenvalue weighted by Crippen LogP contribution is -2.44. The number of para-hydroxylation sites is 2. The highest BCUT2D eigenvalue weighted by Gasteiger charge is 2.25. The van der Waals surface area contributed by atoms with E-state index in [1.807, 2.05) is 42.5 Å². The van der Waals surface area contributed by atoms with Gasteiger partial charge in [-0.05, 0) is 36.2 Å². The van der Waals surface area contributed by atoms with Gasteiger partial charge in [-0.1, -0.05) is 24.3 Å². The number of benzene rings is 2. The van der Waals surface area contributed by atoms with Crippen molar-refractivity contribution < 1.29 is 4.74 Å². The molecular formula is C21H26IN5O. The van der Waals surface area contributed by atoms with Crippen LogP contribution in [0.3, 0.4) is 0 Å². The largest absolute Gasteiger partial charge is 0.495 e. The number of nitrogens with one attached hydrogen (secondary N) is 2. The van der Waals surface area contributed by atoms with Gasteiger partial charge in [0.05, 0.1) is 24.4 Å². The van der Waals surface area contributed by atoms with Crippen LogP contribution >= 0.6 is 24.0 Å². The molecule has 0 saturated carbocycles. The minimum absolute atomic E-state index is 0. The molecule has 2 aromatic rings. The third kappa shape index (κ3) is 5.52. The highest BCUT2D eigenvalue weighted by atomic mass is 127. The number of guanidine groups is 1. The van der Waals surface area contributed by atoms with Crippen molar-refractivity contribution in [2.45, 2.75) is 19.0 Å². The summed E-state index contributed by atoms with van der Waals surface area (Å²) < 4.78 is 5.48. The van der Waals surface area contributed by atoms with Crippen molar-refractivity contribution in [3.05, 3.63) is 59.7 Å². The maximum Gasteiger partial charge on any atom is 0.191 e. The molecule has 1 unspecified atom stereocenters. The van der Waals surface area contributed by atoms with Crippen LogP contribution in [0, 0.1) is 11.3 Å². The fraction of sp³-hybridized carbons (Fsp3) is 0.333. The van der Waals surface area contributed by atoms with E-state index in [1.54, 1.807) is 14.2 Å². The molecule has 0 bridgehead atoms. The first kappa shape index (κ1) is 21.8. The van der Waals surface area contributed by atoms with Crippen LogP contribution in [0.25, 0.3) is 0 Å². The van der Waals surface area contributed by atoms with Crippen LogP contribution in [0.4, 0.5) is 5.69 Å². The van der Waals surface area contributed by atoms with Gasteiger partial charge in [-0.2, -0.15) is 5.26 Å². The number of ether oxygens (including phenoxy) is 1. The van der Waals surface area contributed by atoms with Gasteiger partial charge in [0.25, 0.3) is 0 Å². The smallest absolute Gasteiger partial charge is 0.191 e. The first-order chi connectivity index (χ1) is 13.2. The fourth-order valence-electron chi connectivity index (χ4n) is 3.31. The molecule has 7 heteroatoms. The van der Waals surface area contributed by atoms with Crippen molar-refractivity contribution in [1.29, 1.82) is 5.26 Å². The standard InChI is InChI=1S/C21H25N5O.HI/c1-23-21(24-14-17-7-5-6-16(12-17)13-22)25-18-10-11-26(15-18)19-8-3-4-9-20(19)27-2;/h3-9,12,18H,10-11,14-15H2,1-2H3,(H2,23,24,25);1H. The van der Waals surface area contributed by atoms with Crippen LogP contribution in [0.15, 0.2) is 53.5 Å². The number of nitriles is 1. The molecule has 1 heterocycles. The van der Waals surface area contributed by atoms with E-state index in [4.69, 9.17) is 10.00 Å². The van der Waals surface area contributed by atoms with Gasteiger partial charge in [0.2, 0.25) is 0 Å². The number of hydrogen-bond acceptors (Lipinski definition) is 4. The second-order valence-corrected chi connectivity index (χ2v) is 6.49. The zero-order valence-electron chi connectivity index (χ0n) is 16.2. The number of aliphatic imine (C=N–C) groups is 1. The van der Waals surface area contributed by atoms with Crippen molar-refractivity contribution in [2.24, 2.45) is 4.99 Å². The Bertz CT molecular complexity index is 849. The summed E-state index contributed by atoms with van der Waals surface area (Å²) >= 11 is 0. The molecule has 0 aromatic heterocycles. The van der Waals surface area contributed by atoms with Crippen LogP contribution in [-0.4, -0.2) is 39.2 Å². The van der Waals surface area contributed by atoms with Gasteiger partial charge in [-0.15, -0.1) is 24.0 Å². The number of halogens is 1. The molecule has 1 saturated heterocycles. The second kappa shape index (κ2) is 10.8. The molecule has 2 aromatic carbocycles. The number of hydrogen-bond donors (Lipinski definition) is 2. The number of methoxy groups -OCH3 is 1. The zero-order valence-corrected chi connectivity index (χ0v) is 18.5. The molecule has 0 aliphatic carbocycles. The summed E-state index contributed by atoms with van der Waals surface area (Å²) in [6.07, 6.45) is 1.03. The summed E-state index contributed by atoms with van der Waals surface area (Å²) in [4.78, 5) is 6.66. The van der Waals surface area contributed by atoms with Crippen molar-refractivity contribution in [3.8, 4) is 11.8 Å². The van der Waals surface area contributed by atoms with Crippen LogP contribution < -0.4 is 20.3 Å². The predicted octanol–water partition coefficient (Wildman–Crippen LogP) is 3.13. The highest BCUT2D eigenvalue weighted by molar-refractivity contribution is 14.0. The van der Waals surface area contributed by atoms with Gasteiger partial charge < -0.3 is 20.3 Å². The van der Waals surface area contributed by atoms with Crippen LogP contribution in [0.1, 0.15) is 17.5 Å². The zero-order chi connectivity index (χ0) is 19.1. The molecule has 1 aliphatic rings. The quantitative estimate of drug-likeness (QED) is 0.382. The van der Waals surface area contributed by atoms with Gasteiger partial charge in [0.1, 0.15) is 5.75 Å². The van der Waals surface area contributed by atoms with Gasteiger partial charge in [0, 0.05) is 32.7 Å². The molecule has 6 nitrogen and oxygen atoms in total. The summed E-state index contributed by atoms with van der Waals surface area (Å²) in [7, 11) is 3.48. The molecule has 2 N–H and O–H groups in total. The summed E-state index contributed by atoms with van der Waals surface area (Å²) in [6, 6.07) is 18.2. The van der Waals surface area contributed by atoms with Crippen molar-refractivity contribution in [2.75, 3.05) is 32.1 Å². The maximum atomic E-state index is 9.01. The Morgan fingerprint density at radius 3 is 2.86 bits per heavy atom. The third-order valence-corrected chi connectivity index (χ3v) is 4.69. The van der Waals surface area contributed by atoms with E-state index in [9.17, 15) is 0 Å². The van der Waals surface area contributed by atoms with Gasteiger partial charge in [0.15, 0.2) is 5.96 Å². The molecule has 148 valence electrons. The number of rotatable bonds is 5. The molecule has 0 radical (unpaired) electrons. The van der Waals surface area contributed by atoms with Crippen molar-refractivity contribution in [3.63, 3.8) is 0 Å². The minimum atomic E-state index is 0. The molecule has 1 atom stereocenters. The van der Waals surface area contributed by atoms with Gasteiger partial charge in [-0.25, -0.2) is 0 Å². The molecular weight excluding hydrogens is 465 g/mol. The lowest BCUT2D eigenvalue weighted by atomic mass is 10.1. The monoisotopic (exact) mass is 491 g/mol. The Kier molecular flexibility index (Phi) is 8.39. The Hall–Kier alpha value is -2.47. The molecule has 1 fully saturated rings. The van der Waals surface area contributed by atoms with Crippen LogP contribution in [0.2, 0.25) is 0 Å². The Morgan fingerprint density at radius 2 is 2.11 bits per heavy atom.